The van der Waals surface area contributed by atoms with Gasteiger partial charge in [0.05, 0.1) is 6.26 Å². The van der Waals surface area contributed by atoms with Crippen LogP contribution in [0.2, 0.25) is 0 Å². The summed E-state index contributed by atoms with van der Waals surface area (Å²) in [7, 11) is 0. The van der Waals surface area contributed by atoms with Gasteiger partial charge in [-0.15, -0.1) is 0 Å². The Bertz CT molecular complexity index is 513. The molecule has 2 rings (SSSR count). The Hall–Kier alpha value is -1.62. The van der Waals surface area contributed by atoms with Crippen LogP contribution in [0.1, 0.15) is 36.8 Å². The molecule has 5 heteroatoms. The number of nitrogens with zero attached hydrogens (tertiary/aromatic N) is 3. The molecule has 0 bridgehead atoms. The molecule has 0 amide bonds. The lowest BCUT2D eigenvalue weighted by Gasteiger charge is -2.04. The minimum Gasteiger partial charge on any atom is -0.467 e. The number of aryl methyl sites for hydroxylation is 2. The van der Waals surface area contributed by atoms with E-state index in [0.717, 1.165) is 29.5 Å². The lowest BCUT2D eigenvalue weighted by atomic mass is 10.3. The SMILES string of the molecule is Cc1nc(C)n(Cc2cc(CNC(C)C)co2)n1. The van der Waals surface area contributed by atoms with Gasteiger partial charge in [-0.1, -0.05) is 13.8 Å². The zero-order valence-electron chi connectivity index (χ0n) is 11.4. The molecule has 0 spiro atoms. The predicted molar refractivity (Wildman–Crippen MR) is 69.3 cm³/mol. The van der Waals surface area contributed by atoms with Gasteiger partial charge in [0, 0.05) is 18.2 Å². The van der Waals surface area contributed by atoms with Gasteiger partial charge in [0.15, 0.2) is 0 Å². The van der Waals surface area contributed by atoms with Crippen molar-refractivity contribution in [3.63, 3.8) is 0 Å². The molecule has 5 nitrogen and oxygen atoms in total. The Morgan fingerprint density at radius 3 is 2.78 bits per heavy atom. The average molecular weight is 248 g/mol. The maximum absolute atomic E-state index is 5.54. The molecule has 0 aromatic carbocycles. The van der Waals surface area contributed by atoms with Gasteiger partial charge in [0.2, 0.25) is 0 Å². The first kappa shape index (κ1) is 12.8. The summed E-state index contributed by atoms with van der Waals surface area (Å²) in [6.45, 7) is 9.56. The summed E-state index contributed by atoms with van der Waals surface area (Å²) in [5, 5.41) is 7.68. The molecule has 98 valence electrons. The fourth-order valence-electron chi connectivity index (χ4n) is 1.78. The molecule has 0 aliphatic carbocycles. The number of hydrogen-bond donors (Lipinski definition) is 1. The second kappa shape index (κ2) is 5.35. The van der Waals surface area contributed by atoms with Crippen LogP contribution in [0.3, 0.4) is 0 Å². The van der Waals surface area contributed by atoms with Crippen LogP contribution in [-0.4, -0.2) is 20.8 Å². The summed E-state index contributed by atoms with van der Waals surface area (Å²) in [6, 6.07) is 2.54. The van der Waals surface area contributed by atoms with E-state index in [1.165, 1.54) is 0 Å². The van der Waals surface area contributed by atoms with Gasteiger partial charge in [0.1, 0.15) is 24.0 Å². The van der Waals surface area contributed by atoms with Crippen molar-refractivity contribution >= 4 is 0 Å². The van der Waals surface area contributed by atoms with Crippen molar-refractivity contribution < 1.29 is 4.42 Å². The van der Waals surface area contributed by atoms with Crippen molar-refractivity contribution in [3.05, 3.63) is 35.3 Å². The number of furan rings is 1. The van der Waals surface area contributed by atoms with Crippen molar-refractivity contribution in [2.45, 2.75) is 46.8 Å². The van der Waals surface area contributed by atoms with Gasteiger partial charge < -0.3 is 9.73 Å². The van der Waals surface area contributed by atoms with Gasteiger partial charge in [-0.05, 0) is 19.9 Å². The highest BCUT2D eigenvalue weighted by Crippen LogP contribution is 2.10. The Labute approximate surface area is 107 Å². The highest BCUT2D eigenvalue weighted by molar-refractivity contribution is 5.13. The number of aromatic nitrogens is 3. The van der Waals surface area contributed by atoms with Crippen molar-refractivity contribution in [2.75, 3.05) is 0 Å². The molecular weight excluding hydrogens is 228 g/mol. The van der Waals surface area contributed by atoms with E-state index in [1.807, 2.05) is 18.5 Å². The Balaban J connectivity index is 2.00. The summed E-state index contributed by atoms with van der Waals surface area (Å²) < 4.78 is 7.39. The molecule has 0 fully saturated rings. The van der Waals surface area contributed by atoms with Crippen molar-refractivity contribution in [3.8, 4) is 0 Å². The molecule has 2 aromatic rings. The fraction of sp³-hybridized carbons (Fsp3) is 0.538. The van der Waals surface area contributed by atoms with E-state index in [2.05, 4.69) is 35.3 Å². The fourth-order valence-corrected chi connectivity index (χ4v) is 1.78. The molecule has 0 aliphatic rings. The molecule has 0 radical (unpaired) electrons. The van der Waals surface area contributed by atoms with Crippen molar-refractivity contribution in [1.82, 2.24) is 20.1 Å². The van der Waals surface area contributed by atoms with Crippen molar-refractivity contribution in [1.29, 1.82) is 0 Å². The first-order chi connectivity index (χ1) is 8.54. The van der Waals surface area contributed by atoms with Crippen LogP contribution in [-0.2, 0) is 13.1 Å². The molecule has 1 N–H and O–H groups in total. The van der Waals surface area contributed by atoms with E-state index < -0.39 is 0 Å². The van der Waals surface area contributed by atoms with E-state index in [9.17, 15) is 0 Å². The Kier molecular flexibility index (Phi) is 3.81. The second-order valence-corrected chi connectivity index (χ2v) is 4.82. The largest absolute Gasteiger partial charge is 0.467 e. The van der Waals surface area contributed by atoms with E-state index in [-0.39, 0.29) is 0 Å². The Morgan fingerprint density at radius 1 is 1.39 bits per heavy atom. The lowest BCUT2D eigenvalue weighted by Crippen LogP contribution is -2.21. The molecule has 0 atom stereocenters. The molecule has 0 saturated carbocycles. The van der Waals surface area contributed by atoms with Crippen LogP contribution in [0.25, 0.3) is 0 Å². The number of nitrogens with one attached hydrogen (secondary N) is 1. The summed E-state index contributed by atoms with van der Waals surface area (Å²) >= 11 is 0. The molecule has 0 saturated heterocycles. The van der Waals surface area contributed by atoms with Crippen LogP contribution in [0.5, 0.6) is 0 Å². The van der Waals surface area contributed by atoms with Crippen LogP contribution in [0.15, 0.2) is 16.7 Å². The number of hydrogen-bond acceptors (Lipinski definition) is 4. The predicted octanol–water partition coefficient (Wildman–Crippen LogP) is 2.03. The minimum absolute atomic E-state index is 0.476. The zero-order chi connectivity index (χ0) is 13.1. The highest BCUT2D eigenvalue weighted by atomic mass is 16.3. The van der Waals surface area contributed by atoms with Gasteiger partial charge in [-0.3, -0.25) is 0 Å². The molecule has 18 heavy (non-hydrogen) atoms. The van der Waals surface area contributed by atoms with Gasteiger partial charge in [-0.2, -0.15) is 5.10 Å². The molecule has 0 unspecified atom stereocenters. The van der Waals surface area contributed by atoms with Gasteiger partial charge in [0.25, 0.3) is 0 Å². The normalized spacial score (nSPS) is 11.4. The monoisotopic (exact) mass is 248 g/mol. The maximum atomic E-state index is 5.54. The van der Waals surface area contributed by atoms with Crippen LogP contribution >= 0.6 is 0 Å². The molecule has 0 aliphatic heterocycles. The summed E-state index contributed by atoms with van der Waals surface area (Å²) in [5.74, 6) is 2.61. The van der Waals surface area contributed by atoms with Crippen molar-refractivity contribution in [2.24, 2.45) is 0 Å². The minimum atomic E-state index is 0.476. The highest BCUT2D eigenvalue weighted by Gasteiger charge is 2.07. The van der Waals surface area contributed by atoms with Crippen LogP contribution < -0.4 is 5.32 Å². The van der Waals surface area contributed by atoms with E-state index >= 15 is 0 Å². The third-order valence-electron chi connectivity index (χ3n) is 2.69. The first-order valence-corrected chi connectivity index (χ1v) is 6.22. The zero-order valence-corrected chi connectivity index (χ0v) is 11.4. The summed E-state index contributed by atoms with van der Waals surface area (Å²) in [4.78, 5) is 4.27. The molecular formula is C13H20N4O. The van der Waals surface area contributed by atoms with E-state index in [1.54, 1.807) is 6.26 Å². The van der Waals surface area contributed by atoms with E-state index in [0.29, 0.717) is 12.6 Å². The summed E-state index contributed by atoms with van der Waals surface area (Å²) in [6.07, 6.45) is 1.80. The topological polar surface area (TPSA) is 55.9 Å². The Morgan fingerprint density at radius 2 is 2.17 bits per heavy atom. The number of rotatable bonds is 5. The van der Waals surface area contributed by atoms with Gasteiger partial charge >= 0.3 is 0 Å². The molecule has 2 heterocycles. The molecule has 2 aromatic heterocycles. The maximum Gasteiger partial charge on any atom is 0.147 e. The van der Waals surface area contributed by atoms with Crippen LogP contribution in [0, 0.1) is 13.8 Å². The standard InChI is InChI=1S/C13H20N4O/c1-9(2)14-6-12-5-13(18-8-12)7-17-11(4)15-10(3)16-17/h5,8-9,14H,6-7H2,1-4H3. The average Bonchev–Trinajstić information content (AvgIpc) is 2.84. The third-order valence-corrected chi connectivity index (χ3v) is 2.69. The summed E-state index contributed by atoms with van der Waals surface area (Å²) in [5.41, 5.74) is 1.16. The van der Waals surface area contributed by atoms with E-state index in [4.69, 9.17) is 4.42 Å². The lowest BCUT2D eigenvalue weighted by molar-refractivity contribution is 0.472. The third kappa shape index (κ3) is 3.20. The quantitative estimate of drug-likeness (QED) is 0.879. The first-order valence-electron chi connectivity index (χ1n) is 6.22. The second-order valence-electron chi connectivity index (χ2n) is 4.82. The van der Waals surface area contributed by atoms with Gasteiger partial charge in [-0.25, -0.2) is 9.67 Å². The van der Waals surface area contributed by atoms with Crippen LogP contribution in [0.4, 0.5) is 0 Å². The smallest absolute Gasteiger partial charge is 0.147 e.